The standard InChI is InChI=1S/C23H32N2O5/c1-28-15-13-24(14-16-29-2)21-20(18-11-7-8-12-19(18)30-3)22(26)25(23(21)27)17-9-5-4-6-10-17/h7-8,11-12,17H,4-6,9-10,13-16H2,1-3H3. The minimum Gasteiger partial charge on any atom is -0.496 e. The van der Waals surface area contributed by atoms with Crippen LogP contribution in [-0.4, -0.2) is 75.3 Å². The second-order valence-corrected chi connectivity index (χ2v) is 7.67. The molecule has 2 amide bonds. The van der Waals surface area contributed by atoms with Crippen molar-refractivity contribution in [3.8, 4) is 5.75 Å². The number of carbonyl (C=O) groups is 2. The maximum absolute atomic E-state index is 13.6. The lowest BCUT2D eigenvalue weighted by Crippen LogP contribution is -2.44. The molecule has 2 aliphatic rings. The van der Waals surface area contributed by atoms with Gasteiger partial charge in [0.2, 0.25) is 0 Å². The molecule has 1 aromatic rings. The van der Waals surface area contributed by atoms with Crippen LogP contribution in [0.2, 0.25) is 0 Å². The fourth-order valence-electron chi connectivity index (χ4n) is 4.33. The highest BCUT2D eigenvalue weighted by Crippen LogP contribution is 2.39. The van der Waals surface area contributed by atoms with E-state index in [1.54, 1.807) is 21.3 Å². The molecule has 0 N–H and O–H groups in total. The minimum atomic E-state index is -0.230. The zero-order valence-corrected chi connectivity index (χ0v) is 18.2. The molecule has 0 bridgehead atoms. The predicted octanol–water partition coefficient (Wildman–Crippen LogP) is 2.70. The summed E-state index contributed by atoms with van der Waals surface area (Å²) in [5.41, 5.74) is 1.48. The second kappa shape index (κ2) is 10.6. The van der Waals surface area contributed by atoms with E-state index < -0.39 is 0 Å². The Balaban J connectivity index is 2.09. The highest BCUT2D eigenvalue weighted by atomic mass is 16.5. The molecule has 1 aromatic carbocycles. The Morgan fingerprint density at radius 2 is 1.57 bits per heavy atom. The van der Waals surface area contributed by atoms with Gasteiger partial charge in [-0.2, -0.15) is 0 Å². The average Bonchev–Trinajstić information content (AvgIpc) is 3.04. The second-order valence-electron chi connectivity index (χ2n) is 7.67. The van der Waals surface area contributed by atoms with E-state index in [-0.39, 0.29) is 17.9 Å². The van der Waals surface area contributed by atoms with E-state index in [1.165, 1.54) is 4.90 Å². The average molecular weight is 417 g/mol. The van der Waals surface area contributed by atoms with Crippen molar-refractivity contribution in [1.29, 1.82) is 0 Å². The van der Waals surface area contributed by atoms with Crippen LogP contribution in [0.4, 0.5) is 0 Å². The molecular weight excluding hydrogens is 384 g/mol. The maximum Gasteiger partial charge on any atom is 0.278 e. The van der Waals surface area contributed by atoms with Crippen LogP contribution in [0.3, 0.4) is 0 Å². The van der Waals surface area contributed by atoms with E-state index in [4.69, 9.17) is 14.2 Å². The molecular formula is C23H32N2O5. The first-order valence-electron chi connectivity index (χ1n) is 10.6. The van der Waals surface area contributed by atoms with Crippen molar-refractivity contribution in [3.05, 3.63) is 35.5 Å². The third kappa shape index (κ3) is 4.52. The molecule has 1 saturated carbocycles. The molecule has 0 aromatic heterocycles. The number of nitrogens with zero attached hydrogens (tertiary/aromatic N) is 2. The summed E-state index contributed by atoms with van der Waals surface area (Å²) in [6.07, 6.45) is 4.95. The quantitative estimate of drug-likeness (QED) is 0.547. The van der Waals surface area contributed by atoms with Crippen LogP contribution in [0, 0.1) is 0 Å². The Morgan fingerprint density at radius 3 is 2.17 bits per heavy atom. The number of hydrogen-bond donors (Lipinski definition) is 0. The SMILES string of the molecule is COCCN(CCOC)C1=C(c2ccccc2OC)C(=O)N(C2CCCCC2)C1=O. The van der Waals surface area contributed by atoms with Gasteiger partial charge in [0.05, 0.1) is 25.9 Å². The summed E-state index contributed by atoms with van der Waals surface area (Å²) in [5, 5.41) is 0. The predicted molar refractivity (Wildman–Crippen MR) is 114 cm³/mol. The van der Waals surface area contributed by atoms with E-state index in [1.807, 2.05) is 29.2 Å². The van der Waals surface area contributed by atoms with Crippen molar-refractivity contribution < 1.29 is 23.8 Å². The molecule has 0 unspecified atom stereocenters. The summed E-state index contributed by atoms with van der Waals surface area (Å²) < 4.78 is 16.1. The fraction of sp³-hybridized carbons (Fsp3) is 0.565. The zero-order chi connectivity index (χ0) is 21.5. The van der Waals surface area contributed by atoms with Crippen LogP contribution < -0.4 is 4.74 Å². The van der Waals surface area contributed by atoms with Gasteiger partial charge in [0.15, 0.2) is 0 Å². The Hall–Kier alpha value is -2.38. The van der Waals surface area contributed by atoms with E-state index in [9.17, 15) is 9.59 Å². The van der Waals surface area contributed by atoms with Crippen molar-refractivity contribution in [2.75, 3.05) is 47.6 Å². The van der Waals surface area contributed by atoms with Gasteiger partial charge in [-0.15, -0.1) is 0 Å². The van der Waals surface area contributed by atoms with Crippen LogP contribution >= 0.6 is 0 Å². The zero-order valence-electron chi connectivity index (χ0n) is 18.2. The molecule has 1 aliphatic heterocycles. The number of methoxy groups -OCH3 is 3. The number of amides is 2. The van der Waals surface area contributed by atoms with Gasteiger partial charge in [-0.3, -0.25) is 14.5 Å². The molecule has 3 rings (SSSR count). The molecule has 0 radical (unpaired) electrons. The lowest BCUT2D eigenvalue weighted by Gasteiger charge is -2.31. The number of ether oxygens (including phenoxy) is 3. The Morgan fingerprint density at radius 1 is 0.933 bits per heavy atom. The topological polar surface area (TPSA) is 68.3 Å². The lowest BCUT2D eigenvalue weighted by molar-refractivity contribution is -0.141. The fourth-order valence-corrected chi connectivity index (χ4v) is 4.33. The van der Waals surface area contributed by atoms with Gasteiger partial charge in [-0.1, -0.05) is 37.5 Å². The number of rotatable bonds is 10. The molecule has 1 fully saturated rings. The van der Waals surface area contributed by atoms with Crippen molar-refractivity contribution in [2.24, 2.45) is 0 Å². The van der Waals surface area contributed by atoms with Gasteiger partial charge >= 0.3 is 0 Å². The summed E-state index contributed by atoms with van der Waals surface area (Å²) >= 11 is 0. The number of benzene rings is 1. The summed E-state index contributed by atoms with van der Waals surface area (Å²) in [5.74, 6) is 0.126. The van der Waals surface area contributed by atoms with Crippen LogP contribution in [0.25, 0.3) is 5.57 Å². The first-order chi connectivity index (χ1) is 14.6. The smallest absolute Gasteiger partial charge is 0.278 e. The molecule has 0 spiro atoms. The van der Waals surface area contributed by atoms with Crippen LogP contribution in [0.5, 0.6) is 5.75 Å². The van der Waals surface area contributed by atoms with Gasteiger partial charge in [-0.05, 0) is 18.9 Å². The minimum absolute atomic E-state index is 0.0485. The molecule has 0 saturated heterocycles. The Labute approximate surface area is 178 Å². The van der Waals surface area contributed by atoms with Gasteiger partial charge in [0, 0.05) is 38.9 Å². The molecule has 7 heteroatoms. The number of imide groups is 1. The molecule has 0 atom stereocenters. The summed E-state index contributed by atoms with van der Waals surface area (Å²) in [7, 11) is 4.83. The number of hydrogen-bond acceptors (Lipinski definition) is 6. The van der Waals surface area contributed by atoms with E-state index in [0.717, 1.165) is 32.1 Å². The largest absolute Gasteiger partial charge is 0.496 e. The van der Waals surface area contributed by atoms with Gasteiger partial charge in [0.25, 0.3) is 11.8 Å². The summed E-state index contributed by atoms with van der Waals surface area (Å²) in [4.78, 5) is 30.7. The molecule has 1 heterocycles. The Kier molecular flexibility index (Phi) is 7.87. The number of para-hydroxylation sites is 1. The van der Waals surface area contributed by atoms with Crippen molar-refractivity contribution >= 4 is 17.4 Å². The van der Waals surface area contributed by atoms with Gasteiger partial charge < -0.3 is 19.1 Å². The maximum atomic E-state index is 13.6. The molecule has 30 heavy (non-hydrogen) atoms. The summed E-state index contributed by atoms with van der Waals surface area (Å²) in [6.45, 7) is 1.87. The number of carbonyl (C=O) groups excluding carboxylic acids is 2. The van der Waals surface area contributed by atoms with Crippen LogP contribution in [-0.2, 0) is 19.1 Å². The third-order valence-electron chi connectivity index (χ3n) is 5.85. The third-order valence-corrected chi connectivity index (χ3v) is 5.85. The Bertz CT molecular complexity index is 778. The first-order valence-corrected chi connectivity index (χ1v) is 10.6. The monoisotopic (exact) mass is 416 g/mol. The normalized spacial score (nSPS) is 17.8. The van der Waals surface area contributed by atoms with E-state index in [2.05, 4.69) is 0 Å². The van der Waals surface area contributed by atoms with Crippen LogP contribution in [0.15, 0.2) is 30.0 Å². The molecule has 1 aliphatic carbocycles. The van der Waals surface area contributed by atoms with E-state index in [0.29, 0.717) is 48.9 Å². The highest BCUT2D eigenvalue weighted by molar-refractivity contribution is 6.36. The first kappa shape index (κ1) is 22.3. The van der Waals surface area contributed by atoms with Gasteiger partial charge in [-0.25, -0.2) is 0 Å². The van der Waals surface area contributed by atoms with Gasteiger partial charge in [0.1, 0.15) is 11.4 Å². The van der Waals surface area contributed by atoms with Crippen molar-refractivity contribution in [1.82, 2.24) is 9.80 Å². The van der Waals surface area contributed by atoms with E-state index >= 15 is 0 Å². The van der Waals surface area contributed by atoms with Crippen molar-refractivity contribution in [2.45, 2.75) is 38.1 Å². The molecule has 7 nitrogen and oxygen atoms in total. The van der Waals surface area contributed by atoms with Crippen molar-refractivity contribution in [3.63, 3.8) is 0 Å². The lowest BCUT2D eigenvalue weighted by atomic mass is 9.94. The van der Waals surface area contributed by atoms with Crippen LogP contribution in [0.1, 0.15) is 37.7 Å². The highest BCUT2D eigenvalue weighted by Gasteiger charge is 2.45. The molecule has 164 valence electrons. The summed E-state index contributed by atoms with van der Waals surface area (Å²) in [6, 6.07) is 7.33.